The van der Waals surface area contributed by atoms with Crippen molar-refractivity contribution in [2.24, 2.45) is 5.73 Å². The summed E-state index contributed by atoms with van der Waals surface area (Å²) in [6, 6.07) is 0.0587. The van der Waals surface area contributed by atoms with Crippen LogP contribution in [0.25, 0.3) is 10.2 Å². The van der Waals surface area contributed by atoms with Crippen molar-refractivity contribution in [3.63, 3.8) is 0 Å². The molecule has 24 heavy (non-hydrogen) atoms. The Morgan fingerprint density at radius 2 is 2.12 bits per heavy atom. The first-order valence-corrected chi connectivity index (χ1v) is 9.45. The van der Waals surface area contributed by atoms with Crippen LogP contribution in [0.15, 0.2) is 4.79 Å². The number of amides is 1. The van der Waals surface area contributed by atoms with Crippen LogP contribution in [0.4, 0.5) is 0 Å². The maximum absolute atomic E-state index is 12.9. The van der Waals surface area contributed by atoms with Gasteiger partial charge in [-0.2, -0.15) is 0 Å². The molecular formula is C17H22N4O2S. The van der Waals surface area contributed by atoms with Crippen LogP contribution in [-0.2, 0) is 13.0 Å². The number of rotatable bonds is 1. The van der Waals surface area contributed by atoms with Crippen LogP contribution < -0.4 is 11.3 Å². The highest BCUT2D eigenvalue weighted by atomic mass is 32.1. The third-order valence-corrected chi connectivity index (χ3v) is 6.29. The zero-order chi connectivity index (χ0) is 16.8. The van der Waals surface area contributed by atoms with Crippen molar-refractivity contribution in [2.75, 3.05) is 13.1 Å². The quantitative estimate of drug-likeness (QED) is 0.851. The van der Waals surface area contributed by atoms with Gasteiger partial charge in [0.15, 0.2) is 0 Å². The smallest absolute Gasteiger partial charge is 0.264 e. The fraction of sp³-hybridized carbons (Fsp3) is 0.588. The minimum absolute atomic E-state index is 0.0111. The molecule has 4 heterocycles. The van der Waals surface area contributed by atoms with E-state index in [9.17, 15) is 9.59 Å². The number of nitrogens with two attached hydrogens (primary N) is 1. The Hall–Kier alpha value is -1.73. The van der Waals surface area contributed by atoms with Crippen LogP contribution >= 0.6 is 11.3 Å². The molecule has 4 rings (SSSR count). The standard InChI is InChI=1S/C17H22N4O2S/c1-10-13-15(19-12-5-3-2-4-7-21(12)16(13)22)24-14(10)17(23)20-8-6-11(18)9-20/h11H,2-9,18H2,1H3/t11-/m1/s1. The molecule has 2 aromatic heterocycles. The van der Waals surface area contributed by atoms with Crippen LogP contribution in [0.1, 0.15) is 46.7 Å². The number of likely N-dealkylation sites (tertiary alicyclic amines) is 1. The predicted octanol–water partition coefficient (Wildman–Crippen LogP) is 1.67. The first kappa shape index (κ1) is 15.8. The number of nitrogens with zero attached hydrogens (tertiary/aromatic N) is 3. The molecule has 2 aliphatic rings. The van der Waals surface area contributed by atoms with Crippen molar-refractivity contribution in [3.05, 3.63) is 26.6 Å². The van der Waals surface area contributed by atoms with Crippen molar-refractivity contribution in [1.82, 2.24) is 14.5 Å². The molecule has 2 aliphatic heterocycles. The van der Waals surface area contributed by atoms with Gasteiger partial charge in [0, 0.05) is 32.1 Å². The summed E-state index contributed by atoms with van der Waals surface area (Å²) in [6.07, 6.45) is 4.89. The van der Waals surface area contributed by atoms with E-state index in [0.717, 1.165) is 50.0 Å². The Bertz CT molecular complexity index is 870. The second-order valence-corrected chi connectivity index (χ2v) is 7.83. The Morgan fingerprint density at radius 3 is 2.88 bits per heavy atom. The van der Waals surface area contributed by atoms with E-state index in [1.54, 1.807) is 4.90 Å². The van der Waals surface area contributed by atoms with Crippen molar-refractivity contribution < 1.29 is 4.79 Å². The van der Waals surface area contributed by atoms with Gasteiger partial charge in [0.2, 0.25) is 0 Å². The maximum atomic E-state index is 12.9. The van der Waals surface area contributed by atoms with Crippen LogP contribution in [-0.4, -0.2) is 39.5 Å². The molecule has 128 valence electrons. The van der Waals surface area contributed by atoms with Crippen molar-refractivity contribution in [3.8, 4) is 0 Å². The Morgan fingerprint density at radius 1 is 1.29 bits per heavy atom. The Balaban J connectivity index is 1.82. The van der Waals surface area contributed by atoms with Crippen LogP contribution in [0.5, 0.6) is 0 Å². The summed E-state index contributed by atoms with van der Waals surface area (Å²) in [4.78, 5) is 33.6. The van der Waals surface area contributed by atoms with Gasteiger partial charge < -0.3 is 10.6 Å². The van der Waals surface area contributed by atoms with Gasteiger partial charge in [-0.25, -0.2) is 4.98 Å². The van der Waals surface area contributed by atoms with Crippen LogP contribution in [0.2, 0.25) is 0 Å². The van der Waals surface area contributed by atoms with E-state index in [1.807, 2.05) is 11.5 Å². The minimum Gasteiger partial charge on any atom is -0.336 e. The molecule has 1 saturated heterocycles. The first-order chi connectivity index (χ1) is 11.6. The van der Waals surface area contributed by atoms with Crippen molar-refractivity contribution in [2.45, 2.75) is 51.6 Å². The summed E-state index contributed by atoms with van der Waals surface area (Å²) in [5.74, 6) is 0.858. The largest absolute Gasteiger partial charge is 0.336 e. The molecule has 1 fully saturated rings. The summed E-state index contributed by atoms with van der Waals surface area (Å²) in [7, 11) is 0. The molecule has 0 spiro atoms. The molecule has 0 radical (unpaired) electrons. The highest BCUT2D eigenvalue weighted by Gasteiger charge is 2.29. The zero-order valence-corrected chi connectivity index (χ0v) is 14.7. The summed E-state index contributed by atoms with van der Waals surface area (Å²) >= 11 is 1.36. The molecule has 6 nitrogen and oxygen atoms in total. The molecule has 0 unspecified atom stereocenters. The molecule has 2 N–H and O–H groups in total. The second-order valence-electron chi connectivity index (χ2n) is 6.83. The molecule has 1 atom stereocenters. The van der Waals surface area contributed by atoms with Gasteiger partial charge >= 0.3 is 0 Å². The van der Waals surface area contributed by atoms with Gasteiger partial charge in [-0.3, -0.25) is 14.2 Å². The van der Waals surface area contributed by atoms with E-state index < -0.39 is 0 Å². The maximum Gasteiger partial charge on any atom is 0.264 e. The Labute approximate surface area is 144 Å². The predicted molar refractivity (Wildman–Crippen MR) is 94.7 cm³/mol. The molecular weight excluding hydrogens is 324 g/mol. The summed E-state index contributed by atoms with van der Waals surface area (Å²) < 4.78 is 1.81. The van der Waals surface area contributed by atoms with E-state index in [2.05, 4.69) is 0 Å². The molecule has 0 aromatic carbocycles. The molecule has 7 heteroatoms. The lowest BCUT2D eigenvalue weighted by Crippen LogP contribution is -2.31. The topological polar surface area (TPSA) is 81.2 Å². The number of fused-ring (bicyclic) bond motifs is 2. The number of hydrogen-bond acceptors (Lipinski definition) is 5. The van der Waals surface area contributed by atoms with Crippen molar-refractivity contribution in [1.29, 1.82) is 0 Å². The number of carbonyl (C=O) groups excluding carboxylic acids is 1. The molecule has 2 aromatic rings. The third-order valence-electron chi connectivity index (χ3n) is 5.12. The number of aryl methyl sites for hydroxylation is 2. The highest BCUT2D eigenvalue weighted by Crippen LogP contribution is 2.30. The number of carbonyl (C=O) groups is 1. The fourth-order valence-corrected chi connectivity index (χ4v) is 4.89. The number of aromatic nitrogens is 2. The van der Waals surface area contributed by atoms with E-state index >= 15 is 0 Å². The lowest BCUT2D eigenvalue weighted by atomic mass is 10.2. The lowest BCUT2D eigenvalue weighted by molar-refractivity contribution is 0.0795. The summed E-state index contributed by atoms with van der Waals surface area (Å²) in [5, 5.41) is 0.623. The van der Waals surface area contributed by atoms with Crippen molar-refractivity contribution >= 4 is 27.5 Å². The van der Waals surface area contributed by atoms with Crippen LogP contribution in [0.3, 0.4) is 0 Å². The van der Waals surface area contributed by atoms with E-state index in [4.69, 9.17) is 10.7 Å². The zero-order valence-electron chi connectivity index (χ0n) is 13.9. The Kier molecular flexibility index (Phi) is 3.92. The summed E-state index contributed by atoms with van der Waals surface area (Å²) in [5.41, 5.74) is 6.71. The van der Waals surface area contributed by atoms with Gasteiger partial charge in [0.25, 0.3) is 11.5 Å². The summed E-state index contributed by atoms with van der Waals surface area (Å²) in [6.45, 7) is 3.89. The third kappa shape index (κ3) is 2.46. The average molecular weight is 346 g/mol. The van der Waals surface area contributed by atoms with Crippen LogP contribution in [0, 0.1) is 6.92 Å². The van der Waals surface area contributed by atoms with E-state index in [1.165, 1.54) is 11.3 Å². The SMILES string of the molecule is Cc1c(C(=O)N2CC[C@@H](N)C2)sc2nc3n(c(=O)c12)CCCCC3. The van der Waals surface area contributed by atoms with Gasteiger partial charge in [-0.15, -0.1) is 11.3 Å². The molecule has 1 amide bonds. The highest BCUT2D eigenvalue weighted by molar-refractivity contribution is 7.20. The lowest BCUT2D eigenvalue weighted by Gasteiger charge is -2.14. The molecule has 0 saturated carbocycles. The van der Waals surface area contributed by atoms with E-state index in [-0.39, 0.29) is 17.5 Å². The first-order valence-electron chi connectivity index (χ1n) is 8.64. The minimum atomic E-state index is -0.0111. The number of hydrogen-bond donors (Lipinski definition) is 1. The monoisotopic (exact) mass is 346 g/mol. The second kappa shape index (κ2) is 5.97. The number of thiophene rings is 1. The van der Waals surface area contributed by atoms with Gasteiger partial charge in [-0.05, 0) is 31.7 Å². The van der Waals surface area contributed by atoms with Gasteiger partial charge in [0.05, 0.1) is 10.3 Å². The molecule has 0 bridgehead atoms. The normalized spacial score (nSPS) is 21.1. The van der Waals surface area contributed by atoms with E-state index in [0.29, 0.717) is 28.2 Å². The molecule has 0 aliphatic carbocycles. The fourth-order valence-electron chi connectivity index (χ4n) is 3.73. The van der Waals surface area contributed by atoms with Gasteiger partial charge in [-0.1, -0.05) is 6.42 Å². The average Bonchev–Trinajstić information content (AvgIpc) is 3.03. The van der Waals surface area contributed by atoms with Gasteiger partial charge in [0.1, 0.15) is 10.7 Å².